The van der Waals surface area contributed by atoms with E-state index in [1.165, 1.54) is 0 Å². The molecule has 3 rings (SSSR count). The second-order valence-electron chi connectivity index (χ2n) is 5.43. The number of benzene rings is 1. The minimum Gasteiger partial charge on any atom is -0.352 e. The largest absolute Gasteiger partial charge is 0.352 e. The summed E-state index contributed by atoms with van der Waals surface area (Å²) in [4.78, 5) is 13.1. The normalized spacial score (nSPS) is 10.7. The molecule has 0 bridgehead atoms. The fourth-order valence-corrected chi connectivity index (χ4v) is 3.28. The van der Waals surface area contributed by atoms with Gasteiger partial charge in [-0.25, -0.2) is 4.68 Å². The molecule has 1 N–H and O–H groups in total. The molecular weight excluding hydrogens is 306 g/mol. The second kappa shape index (κ2) is 6.79. The number of para-hydroxylation sites is 1. The lowest BCUT2D eigenvalue weighted by Crippen LogP contribution is -2.24. The summed E-state index contributed by atoms with van der Waals surface area (Å²) in [7, 11) is 0. The fraction of sp³-hybridized carbons (Fsp3) is 0.222. The van der Waals surface area contributed by atoms with Gasteiger partial charge in [-0.05, 0) is 37.4 Å². The first-order valence-electron chi connectivity index (χ1n) is 7.55. The van der Waals surface area contributed by atoms with E-state index in [2.05, 4.69) is 10.4 Å². The lowest BCUT2D eigenvalue weighted by atomic mass is 10.2. The minimum absolute atomic E-state index is 0.0405. The van der Waals surface area contributed by atoms with Crippen molar-refractivity contribution in [1.82, 2.24) is 15.1 Å². The molecule has 1 aromatic carbocycles. The number of carbonyl (C=O) groups excluding carboxylic acids is 1. The molecule has 5 heteroatoms. The average Bonchev–Trinajstić information content (AvgIpc) is 3.15. The van der Waals surface area contributed by atoms with Crippen LogP contribution in [0.25, 0.3) is 5.69 Å². The second-order valence-corrected chi connectivity index (χ2v) is 6.46. The highest BCUT2D eigenvalue weighted by molar-refractivity contribution is 7.10. The van der Waals surface area contributed by atoms with Crippen LogP contribution in [0.4, 0.5) is 0 Å². The first-order valence-corrected chi connectivity index (χ1v) is 8.42. The number of thiophene rings is 1. The van der Waals surface area contributed by atoms with Gasteiger partial charge in [0.05, 0.1) is 17.8 Å². The Morgan fingerprint density at radius 2 is 1.96 bits per heavy atom. The lowest BCUT2D eigenvalue weighted by molar-refractivity contribution is -0.120. The van der Waals surface area contributed by atoms with E-state index in [4.69, 9.17) is 0 Å². The third-order valence-electron chi connectivity index (χ3n) is 3.82. The van der Waals surface area contributed by atoms with Crippen molar-refractivity contribution in [3.63, 3.8) is 0 Å². The monoisotopic (exact) mass is 325 g/mol. The topological polar surface area (TPSA) is 46.9 Å². The number of hydrogen-bond acceptors (Lipinski definition) is 3. The smallest absolute Gasteiger partial charge is 0.225 e. The zero-order chi connectivity index (χ0) is 16.2. The molecule has 0 radical (unpaired) electrons. The molecule has 0 spiro atoms. The van der Waals surface area contributed by atoms with Crippen molar-refractivity contribution in [1.29, 1.82) is 0 Å². The third-order valence-corrected chi connectivity index (χ3v) is 4.70. The Bertz CT molecular complexity index is 791. The minimum atomic E-state index is 0.0405. The molecule has 0 saturated heterocycles. The molecule has 0 aliphatic rings. The van der Waals surface area contributed by atoms with E-state index in [1.54, 1.807) is 11.3 Å². The van der Waals surface area contributed by atoms with E-state index in [-0.39, 0.29) is 5.91 Å². The molecular formula is C18H19N3OS. The zero-order valence-electron chi connectivity index (χ0n) is 13.2. The van der Waals surface area contributed by atoms with E-state index in [1.807, 2.05) is 66.4 Å². The molecule has 0 aliphatic carbocycles. The number of nitrogens with one attached hydrogen (secondary N) is 1. The first-order chi connectivity index (χ1) is 11.1. The van der Waals surface area contributed by atoms with Crippen molar-refractivity contribution >= 4 is 17.2 Å². The standard InChI is InChI=1S/C18H19N3OS/c1-13-17(12-19-18(22)11-16-9-6-10-23-16)14(2)21(20-13)15-7-4-3-5-8-15/h3-10H,11-12H2,1-2H3,(H,19,22). The van der Waals surface area contributed by atoms with Crippen LogP contribution in [0.15, 0.2) is 47.8 Å². The van der Waals surface area contributed by atoms with Crippen molar-refractivity contribution in [2.75, 3.05) is 0 Å². The number of amides is 1. The summed E-state index contributed by atoms with van der Waals surface area (Å²) in [6, 6.07) is 14.0. The summed E-state index contributed by atoms with van der Waals surface area (Å²) in [5, 5.41) is 9.59. The zero-order valence-corrected chi connectivity index (χ0v) is 14.1. The number of hydrogen-bond donors (Lipinski definition) is 1. The van der Waals surface area contributed by atoms with Gasteiger partial charge in [-0.2, -0.15) is 5.10 Å². The van der Waals surface area contributed by atoms with Crippen LogP contribution in [0.2, 0.25) is 0 Å². The van der Waals surface area contributed by atoms with Crippen molar-refractivity contribution in [2.24, 2.45) is 0 Å². The summed E-state index contributed by atoms with van der Waals surface area (Å²) < 4.78 is 1.93. The Hall–Kier alpha value is -2.40. The van der Waals surface area contributed by atoms with Gasteiger partial charge in [0.25, 0.3) is 0 Å². The molecule has 0 unspecified atom stereocenters. The quantitative estimate of drug-likeness (QED) is 0.781. The van der Waals surface area contributed by atoms with E-state index in [9.17, 15) is 4.79 Å². The predicted molar refractivity (Wildman–Crippen MR) is 92.9 cm³/mol. The lowest BCUT2D eigenvalue weighted by Gasteiger charge is -2.07. The molecule has 1 amide bonds. The number of rotatable bonds is 5. The Kier molecular flexibility index (Phi) is 4.57. The highest BCUT2D eigenvalue weighted by Crippen LogP contribution is 2.17. The number of aromatic nitrogens is 2. The van der Waals surface area contributed by atoms with Crippen molar-refractivity contribution < 1.29 is 4.79 Å². The highest BCUT2D eigenvalue weighted by Gasteiger charge is 2.13. The summed E-state index contributed by atoms with van der Waals surface area (Å²) >= 11 is 1.60. The molecule has 0 saturated carbocycles. The molecule has 0 fully saturated rings. The number of aryl methyl sites for hydroxylation is 1. The van der Waals surface area contributed by atoms with Gasteiger partial charge in [-0.3, -0.25) is 4.79 Å². The van der Waals surface area contributed by atoms with E-state index >= 15 is 0 Å². The molecule has 0 aliphatic heterocycles. The Morgan fingerprint density at radius 3 is 2.65 bits per heavy atom. The third kappa shape index (κ3) is 3.51. The molecule has 2 heterocycles. The van der Waals surface area contributed by atoms with Crippen molar-refractivity contribution in [3.8, 4) is 5.69 Å². The Balaban J connectivity index is 1.71. The Labute approximate surface area is 139 Å². The van der Waals surface area contributed by atoms with Gasteiger partial charge in [0.2, 0.25) is 5.91 Å². The maximum absolute atomic E-state index is 12.1. The SMILES string of the molecule is Cc1nn(-c2ccccc2)c(C)c1CNC(=O)Cc1cccs1. The van der Waals surface area contributed by atoms with Gasteiger partial charge in [-0.15, -0.1) is 11.3 Å². The van der Waals surface area contributed by atoms with Gasteiger partial charge in [-0.1, -0.05) is 24.3 Å². The van der Waals surface area contributed by atoms with Crippen LogP contribution in [-0.2, 0) is 17.8 Å². The van der Waals surface area contributed by atoms with Crippen LogP contribution >= 0.6 is 11.3 Å². The fourth-order valence-electron chi connectivity index (χ4n) is 2.57. The molecule has 2 aromatic heterocycles. The van der Waals surface area contributed by atoms with Crippen LogP contribution in [0.3, 0.4) is 0 Å². The maximum atomic E-state index is 12.1. The molecule has 23 heavy (non-hydrogen) atoms. The first kappa shape index (κ1) is 15.5. The number of carbonyl (C=O) groups is 1. The average molecular weight is 325 g/mol. The van der Waals surface area contributed by atoms with Crippen LogP contribution < -0.4 is 5.32 Å². The highest BCUT2D eigenvalue weighted by atomic mass is 32.1. The molecule has 0 atom stereocenters. The van der Waals surface area contributed by atoms with Crippen LogP contribution in [-0.4, -0.2) is 15.7 Å². The Morgan fingerprint density at radius 1 is 1.17 bits per heavy atom. The van der Waals surface area contributed by atoms with Crippen molar-refractivity contribution in [2.45, 2.75) is 26.8 Å². The molecule has 3 aromatic rings. The van der Waals surface area contributed by atoms with E-state index in [0.29, 0.717) is 13.0 Å². The van der Waals surface area contributed by atoms with Gasteiger partial charge in [0.15, 0.2) is 0 Å². The predicted octanol–water partition coefficient (Wildman–Crippen LogP) is 3.41. The van der Waals surface area contributed by atoms with Gasteiger partial charge in [0, 0.05) is 22.7 Å². The van der Waals surface area contributed by atoms with Gasteiger partial charge >= 0.3 is 0 Å². The summed E-state index contributed by atoms with van der Waals surface area (Å²) in [5.74, 6) is 0.0405. The van der Waals surface area contributed by atoms with Gasteiger partial charge < -0.3 is 5.32 Å². The molecule has 118 valence electrons. The summed E-state index contributed by atoms with van der Waals surface area (Å²) in [6.45, 7) is 4.52. The van der Waals surface area contributed by atoms with Crippen molar-refractivity contribution in [3.05, 3.63) is 69.7 Å². The van der Waals surface area contributed by atoms with Crippen LogP contribution in [0.1, 0.15) is 21.8 Å². The molecule has 4 nitrogen and oxygen atoms in total. The van der Waals surface area contributed by atoms with E-state index < -0.39 is 0 Å². The van der Waals surface area contributed by atoms with E-state index in [0.717, 1.165) is 27.5 Å². The van der Waals surface area contributed by atoms with Crippen LogP contribution in [0, 0.1) is 13.8 Å². The summed E-state index contributed by atoms with van der Waals surface area (Å²) in [6.07, 6.45) is 0.433. The van der Waals surface area contributed by atoms with Gasteiger partial charge in [0.1, 0.15) is 0 Å². The van der Waals surface area contributed by atoms with Crippen LogP contribution in [0.5, 0.6) is 0 Å². The maximum Gasteiger partial charge on any atom is 0.225 e. The summed E-state index contributed by atoms with van der Waals surface area (Å²) in [5.41, 5.74) is 4.12. The number of nitrogens with zero attached hydrogens (tertiary/aromatic N) is 2.